The van der Waals surface area contributed by atoms with Crippen LogP contribution < -0.4 is 10.3 Å². The van der Waals surface area contributed by atoms with E-state index in [0.29, 0.717) is 39.1 Å². The largest absolute Gasteiger partial charge is 0.477 e. The third-order valence-corrected chi connectivity index (χ3v) is 4.74. The molecule has 0 amide bonds. The van der Waals surface area contributed by atoms with Gasteiger partial charge in [0.25, 0.3) is 0 Å². The van der Waals surface area contributed by atoms with Crippen molar-refractivity contribution in [2.24, 2.45) is 0 Å². The summed E-state index contributed by atoms with van der Waals surface area (Å²) in [4.78, 5) is 40.3. The minimum Gasteiger partial charge on any atom is -0.477 e. The predicted octanol–water partition coefficient (Wildman–Crippen LogP) is 1.61. The number of nitrogens with zero attached hydrogens (tertiary/aromatic N) is 2. The summed E-state index contributed by atoms with van der Waals surface area (Å²) < 4.78 is 29.5. The van der Waals surface area contributed by atoms with Crippen LogP contribution >= 0.6 is 0 Å². The fraction of sp³-hybridized carbons (Fsp3) is 0.389. The Hall–Kier alpha value is -2.81. The summed E-state index contributed by atoms with van der Waals surface area (Å²) in [5.41, 5.74) is -1.98. The van der Waals surface area contributed by atoms with E-state index in [1.165, 1.54) is 6.92 Å². The minimum atomic E-state index is -1.47. The number of ketones is 1. The molecule has 2 heterocycles. The molecule has 0 radical (unpaired) electrons. The fourth-order valence-corrected chi connectivity index (χ4v) is 3.24. The van der Waals surface area contributed by atoms with Gasteiger partial charge in [0.2, 0.25) is 5.43 Å². The van der Waals surface area contributed by atoms with Crippen LogP contribution in [0.25, 0.3) is 10.9 Å². The third-order valence-electron chi connectivity index (χ3n) is 4.74. The van der Waals surface area contributed by atoms with Crippen LogP contribution in [0.4, 0.5) is 14.5 Å². The van der Waals surface area contributed by atoms with Crippen molar-refractivity contribution < 1.29 is 23.5 Å². The van der Waals surface area contributed by atoms with Crippen LogP contribution in [-0.4, -0.2) is 59.5 Å². The number of pyridine rings is 1. The highest BCUT2D eigenvalue weighted by atomic mass is 19.1. The van der Waals surface area contributed by atoms with Crippen LogP contribution in [-0.2, 0) is 4.79 Å². The number of carboxylic acids is 1. The fourth-order valence-electron chi connectivity index (χ4n) is 3.24. The highest BCUT2D eigenvalue weighted by Gasteiger charge is 2.26. The number of carboxylic acid groups (broad SMARTS) is 1. The molecule has 2 aromatic rings. The molecule has 1 aliphatic heterocycles. The van der Waals surface area contributed by atoms with Gasteiger partial charge in [-0.15, -0.1) is 0 Å². The van der Waals surface area contributed by atoms with Gasteiger partial charge in [0.1, 0.15) is 22.9 Å². The van der Waals surface area contributed by atoms with E-state index in [-0.39, 0.29) is 22.4 Å². The first kappa shape index (κ1) is 19.0. The summed E-state index contributed by atoms with van der Waals surface area (Å²) in [5.74, 6) is -3.21. The molecule has 0 bridgehead atoms. The number of halogens is 2. The molecule has 3 rings (SSSR count). The quantitative estimate of drug-likeness (QED) is 0.820. The molecule has 2 N–H and O–H groups in total. The van der Waals surface area contributed by atoms with Crippen molar-refractivity contribution in [2.45, 2.75) is 13.3 Å². The minimum absolute atomic E-state index is 0.0914. The van der Waals surface area contributed by atoms with Gasteiger partial charge in [-0.3, -0.25) is 14.5 Å². The van der Waals surface area contributed by atoms with Crippen molar-refractivity contribution in [3.63, 3.8) is 0 Å². The number of aromatic nitrogens is 1. The maximum atomic E-state index is 14.9. The van der Waals surface area contributed by atoms with E-state index in [4.69, 9.17) is 5.11 Å². The Morgan fingerprint density at radius 1 is 1.22 bits per heavy atom. The Kier molecular flexibility index (Phi) is 5.22. The van der Waals surface area contributed by atoms with Crippen molar-refractivity contribution in [3.05, 3.63) is 39.7 Å². The first-order valence-electron chi connectivity index (χ1n) is 8.53. The van der Waals surface area contributed by atoms with E-state index in [9.17, 15) is 23.2 Å². The summed E-state index contributed by atoms with van der Waals surface area (Å²) >= 11 is 0. The van der Waals surface area contributed by atoms with Crippen molar-refractivity contribution in [2.75, 3.05) is 37.6 Å². The topological polar surface area (TPSA) is 93.7 Å². The lowest BCUT2D eigenvalue weighted by molar-refractivity contribution is -0.117. The first-order chi connectivity index (χ1) is 12.8. The van der Waals surface area contributed by atoms with Gasteiger partial charge >= 0.3 is 5.97 Å². The number of rotatable bonds is 5. The lowest BCUT2D eigenvalue weighted by atomic mass is 10.1. The Morgan fingerprint density at radius 2 is 1.89 bits per heavy atom. The predicted molar refractivity (Wildman–Crippen MR) is 95.4 cm³/mol. The van der Waals surface area contributed by atoms with Crippen molar-refractivity contribution in [1.82, 2.24) is 9.88 Å². The number of carbonyl (C=O) groups is 2. The average molecular weight is 379 g/mol. The molecule has 1 aliphatic rings. The Bertz CT molecular complexity index is 965. The smallest absolute Gasteiger partial charge is 0.341 e. The number of hydrogen-bond acceptors (Lipinski definition) is 5. The summed E-state index contributed by atoms with van der Waals surface area (Å²) in [7, 11) is 0. The van der Waals surface area contributed by atoms with Gasteiger partial charge in [-0.2, -0.15) is 0 Å². The van der Waals surface area contributed by atoms with E-state index in [1.807, 2.05) is 0 Å². The zero-order chi connectivity index (χ0) is 19.7. The van der Waals surface area contributed by atoms with Gasteiger partial charge in [0.05, 0.1) is 10.9 Å². The molecular formula is C18H19F2N3O4. The molecule has 144 valence electrons. The normalized spacial score (nSPS) is 15.3. The lowest BCUT2D eigenvalue weighted by Crippen LogP contribution is -2.47. The number of carbonyl (C=O) groups excluding carboxylic acids is 1. The average Bonchev–Trinajstić information content (AvgIpc) is 2.61. The number of H-pyrrole nitrogens is 1. The number of hydrogen-bond donors (Lipinski definition) is 2. The molecule has 1 fully saturated rings. The molecule has 0 unspecified atom stereocenters. The third kappa shape index (κ3) is 3.68. The second kappa shape index (κ2) is 7.43. The molecule has 0 saturated carbocycles. The van der Waals surface area contributed by atoms with Gasteiger partial charge in [-0.25, -0.2) is 13.6 Å². The monoisotopic (exact) mass is 379 g/mol. The van der Waals surface area contributed by atoms with Gasteiger partial charge in [-0.05, 0) is 13.0 Å². The summed E-state index contributed by atoms with van der Waals surface area (Å²) in [6, 6.07) is 0.876. The molecule has 1 aromatic carbocycles. The Labute approximate surface area is 153 Å². The summed E-state index contributed by atoms with van der Waals surface area (Å²) in [5, 5.41) is 8.64. The van der Waals surface area contributed by atoms with Gasteiger partial charge in [0, 0.05) is 45.3 Å². The number of Topliss-reactive ketones (excluding diaryl/α,β-unsaturated/α-hetero) is 1. The summed E-state index contributed by atoms with van der Waals surface area (Å²) in [6.07, 6.45) is 1.35. The molecule has 0 atom stereocenters. The van der Waals surface area contributed by atoms with Gasteiger partial charge in [-0.1, -0.05) is 0 Å². The van der Waals surface area contributed by atoms with Crippen LogP contribution in [0.5, 0.6) is 0 Å². The van der Waals surface area contributed by atoms with E-state index >= 15 is 0 Å². The van der Waals surface area contributed by atoms with Crippen LogP contribution in [0.1, 0.15) is 23.7 Å². The molecule has 0 aliphatic carbocycles. The van der Waals surface area contributed by atoms with Crippen LogP contribution in [0.3, 0.4) is 0 Å². The van der Waals surface area contributed by atoms with Gasteiger partial charge < -0.3 is 15.0 Å². The molecular weight excluding hydrogens is 360 g/mol. The van der Waals surface area contributed by atoms with Crippen LogP contribution in [0.15, 0.2) is 17.1 Å². The number of aromatic carboxylic acids is 1. The number of fused-ring (bicyclic) bond motifs is 1. The zero-order valence-electron chi connectivity index (χ0n) is 14.7. The number of piperazine rings is 1. The van der Waals surface area contributed by atoms with E-state index < -0.39 is 28.6 Å². The lowest BCUT2D eigenvalue weighted by Gasteiger charge is -2.36. The number of aromatic amines is 1. The first-order valence-corrected chi connectivity index (χ1v) is 8.53. The zero-order valence-corrected chi connectivity index (χ0v) is 14.7. The maximum Gasteiger partial charge on any atom is 0.341 e. The van der Waals surface area contributed by atoms with Gasteiger partial charge in [0.15, 0.2) is 5.82 Å². The van der Waals surface area contributed by atoms with Crippen molar-refractivity contribution in [3.8, 4) is 0 Å². The van der Waals surface area contributed by atoms with Crippen LogP contribution in [0, 0.1) is 11.6 Å². The second-order valence-electron chi connectivity index (χ2n) is 6.56. The number of nitrogens with one attached hydrogen (secondary N) is 1. The van der Waals surface area contributed by atoms with E-state index in [2.05, 4.69) is 9.88 Å². The Morgan fingerprint density at radius 3 is 2.48 bits per heavy atom. The molecule has 0 spiro atoms. The number of benzene rings is 1. The highest BCUT2D eigenvalue weighted by Crippen LogP contribution is 2.29. The highest BCUT2D eigenvalue weighted by molar-refractivity contribution is 5.93. The van der Waals surface area contributed by atoms with E-state index in [0.717, 1.165) is 12.3 Å². The summed E-state index contributed by atoms with van der Waals surface area (Å²) in [6.45, 7) is 3.98. The van der Waals surface area contributed by atoms with Crippen molar-refractivity contribution in [1.29, 1.82) is 0 Å². The second-order valence-corrected chi connectivity index (χ2v) is 6.56. The SMILES string of the molecule is CC(=O)CCN1CCN(c2c(F)cc3c(=O)c(C(=O)O)c[nH]c3c2F)CC1. The molecule has 7 nitrogen and oxygen atoms in total. The molecule has 1 saturated heterocycles. The van der Waals surface area contributed by atoms with E-state index in [1.54, 1.807) is 4.90 Å². The molecule has 9 heteroatoms. The number of anilines is 1. The molecule has 1 aromatic heterocycles. The van der Waals surface area contributed by atoms with Crippen LogP contribution in [0.2, 0.25) is 0 Å². The van der Waals surface area contributed by atoms with Crippen molar-refractivity contribution >= 4 is 28.3 Å². The Balaban J connectivity index is 1.90. The molecule has 27 heavy (non-hydrogen) atoms. The standard InChI is InChI=1S/C18H19F2N3O4/c1-10(24)2-3-22-4-6-23(7-5-22)16-13(19)8-11-15(14(16)20)21-9-12(17(11)25)18(26)27/h8-9H,2-7H2,1H3,(H,21,25)(H,26,27). The maximum absolute atomic E-state index is 14.9.